The summed E-state index contributed by atoms with van der Waals surface area (Å²) in [5.74, 6) is 0.602. The van der Waals surface area contributed by atoms with E-state index in [-0.39, 0.29) is 6.03 Å². The summed E-state index contributed by atoms with van der Waals surface area (Å²) in [6.45, 7) is 5.02. The minimum Gasteiger partial charge on any atom is -0.495 e. The average molecular weight is 354 g/mol. The minimum absolute atomic E-state index is 0.118. The van der Waals surface area contributed by atoms with Crippen LogP contribution >= 0.6 is 11.6 Å². The number of amides is 2. The zero-order valence-corrected chi connectivity index (χ0v) is 14.7. The summed E-state index contributed by atoms with van der Waals surface area (Å²) in [4.78, 5) is 16.7. The first kappa shape index (κ1) is 17.3. The Kier molecular flexibility index (Phi) is 5.81. The molecular weight excluding hydrogens is 330 g/mol. The molecule has 1 atom stereocenters. The van der Waals surface area contributed by atoms with Gasteiger partial charge in [-0.2, -0.15) is 0 Å². The molecule has 0 spiro atoms. The SMILES string of the molecule is COc1ccc(Cl)cc1NC(=O)N1CCN(CC2CCCO2)CC1. The van der Waals surface area contributed by atoms with E-state index in [2.05, 4.69) is 10.2 Å². The van der Waals surface area contributed by atoms with Gasteiger partial charge in [-0.25, -0.2) is 4.79 Å². The predicted octanol–water partition coefficient (Wildman–Crippen LogP) is 2.68. The molecule has 0 aliphatic carbocycles. The molecule has 1 aromatic rings. The number of methoxy groups -OCH3 is 1. The van der Waals surface area contributed by atoms with Crippen molar-refractivity contribution in [3.8, 4) is 5.75 Å². The maximum Gasteiger partial charge on any atom is 0.322 e. The van der Waals surface area contributed by atoms with Crippen LogP contribution in [0.1, 0.15) is 12.8 Å². The molecule has 24 heavy (non-hydrogen) atoms. The first-order chi connectivity index (χ1) is 11.7. The molecule has 1 unspecified atom stereocenters. The van der Waals surface area contributed by atoms with Gasteiger partial charge in [0.2, 0.25) is 0 Å². The Labute approximate surface area is 147 Å². The summed E-state index contributed by atoms with van der Waals surface area (Å²) in [7, 11) is 1.57. The standard InChI is InChI=1S/C17H24ClN3O3/c1-23-16-5-4-13(18)11-15(16)19-17(22)21-8-6-20(7-9-21)12-14-3-2-10-24-14/h4-5,11,14H,2-3,6-10,12H2,1H3,(H,19,22). The number of urea groups is 1. The molecule has 2 amide bonds. The molecule has 0 saturated carbocycles. The first-order valence-corrected chi connectivity index (χ1v) is 8.77. The number of nitrogens with one attached hydrogen (secondary N) is 1. The van der Waals surface area contributed by atoms with E-state index in [1.54, 1.807) is 25.3 Å². The Morgan fingerprint density at radius 2 is 2.17 bits per heavy atom. The third-order valence-electron chi connectivity index (χ3n) is 4.55. The van der Waals surface area contributed by atoms with E-state index in [1.165, 1.54) is 0 Å². The number of nitrogens with zero attached hydrogens (tertiary/aromatic N) is 2. The number of halogens is 1. The topological polar surface area (TPSA) is 54.0 Å². The quantitative estimate of drug-likeness (QED) is 0.904. The number of anilines is 1. The number of rotatable bonds is 4. The number of ether oxygens (including phenoxy) is 2. The molecule has 0 aromatic heterocycles. The summed E-state index contributed by atoms with van der Waals surface area (Å²) in [5, 5.41) is 3.46. The molecule has 0 radical (unpaired) electrons. The van der Waals surface area contributed by atoms with Crippen molar-refractivity contribution in [1.29, 1.82) is 0 Å². The Morgan fingerprint density at radius 3 is 2.83 bits per heavy atom. The van der Waals surface area contributed by atoms with E-state index in [0.29, 0.717) is 35.7 Å². The molecule has 132 valence electrons. The van der Waals surface area contributed by atoms with Crippen molar-refractivity contribution in [2.75, 3.05) is 51.8 Å². The zero-order chi connectivity index (χ0) is 16.9. The summed E-state index contributed by atoms with van der Waals surface area (Å²) in [6.07, 6.45) is 2.67. The van der Waals surface area contributed by atoms with Crippen LogP contribution < -0.4 is 10.1 Å². The lowest BCUT2D eigenvalue weighted by Crippen LogP contribution is -2.51. The number of piperazine rings is 1. The van der Waals surface area contributed by atoms with Crippen molar-refractivity contribution in [2.24, 2.45) is 0 Å². The number of hydrogen-bond donors (Lipinski definition) is 1. The largest absolute Gasteiger partial charge is 0.495 e. The summed E-state index contributed by atoms with van der Waals surface area (Å²) < 4.78 is 11.0. The fourth-order valence-corrected chi connectivity index (χ4v) is 3.35. The van der Waals surface area contributed by atoms with Crippen LogP contribution in [-0.4, -0.2) is 68.4 Å². The van der Waals surface area contributed by atoms with E-state index in [1.807, 2.05) is 4.90 Å². The lowest BCUT2D eigenvalue weighted by Gasteiger charge is -2.35. The van der Waals surface area contributed by atoms with E-state index >= 15 is 0 Å². The van der Waals surface area contributed by atoms with Crippen molar-refractivity contribution in [3.05, 3.63) is 23.2 Å². The highest BCUT2D eigenvalue weighted by atomic mass is 35.5. The fraction of sp³-hybridized carbons (Fsp3) is 0.588. The third kappa shape index (κ3) is 4.32. The van der Waals surface area contributed by atoms with Gasteiger partial charge in [0.05, 0.1) is 18.9 Å². The molecule has 2 heterocycles. The number of carbonyl (C=O) groups excluding carboxylic acids is 1. The van der Waals surface area contributed by atoms with Crippen molar-refractivity contribution in [2.45, 2.75) is 18.9 Å². The monoisotopic (exact) mass is 353 g/mol. The Balaban J connectivity index is 1.51. The van der Waals surface area contributed by atoms with Gasteiger partial charge in [-0.15, -0.1) is 0 Å². The van der Waals surface area contributed by atoms with Crippen LogP contribution in [0.15, 0.2) is 18.2 Å². The normalized spacial score (nSPS) is 21.8. The van der Waals surface area contributed by atoms with Gasteiger partial charge in [0, 0.05) is 44.4 Å². The first-order valence-electron chi connectivity index (χ1n) is 8.39. The molecule has 2 fully saturated rings. The van der Waals surface area contributed by atoms with Crippen LogP contribution in [0.2, 0.25) is 5.02 Å². The molecule has 1 N–H and O–H groups in total. The average Bonchev–Trinajstić information content (AvgIpc) is 3.09. The van der Waals surface area contributed by atoms with Crippen LogP contribution in [0.5, 0.6) is 5.75 Å². The second-order valence-corrected chi connectivity index (χ2v) is 6.63. The van der Waals surface area contributed by atoms with Gasteiger partial charge in [0.25, 0.3) is 0 Å². The lowest BCUT2D eigenvalue weighted by molar-refractivity contribution is 0.0571. The van der Waals surface area contributed by atoms with Gasteiger partial charge in [-0.1, -0.05) is 11.6 Å². The van der Waals surface area contributed by atoms with Crippen molar-refractivity contribution in [1.82, 2.24) is 9.80 Å². The molecule has 6 nitrogen and oxygen atoms in total. The van der Waals surface area contributed by atoms with E-state index in [4.69, 9.17) is 21.1 Å². The zero-order valence-electron chi connectivity index (χ0n) is 14.0. The summed E-state index contributed by atoms with van der Waals surface area (Å²) >= 11 is 6.00. The van der Waals surface area contributed by atoms with Crippen molar-refractivity contribution < 1.29 is 14.3 Å². The molecule has 3 rings (SSSR count). The maximum absolute atomic E-state index is 12.5. The van der Waals surface area contributed by atoms with Crippen molar-refractivity contribution in [3.63, 3.8) is 0 Å². The van der Waals surface area contributed by atoms with Gasteiger partial charge < -0.3 is 19.7 Å². The second-order valence-electron chi connectivity index (χ2n) is 6.20. The van der Waals surface area contributed by atoms with Crippen LogP contribution in [0, 0.1) is 0 Å². The predicted molar refractivity (Wildman–Crippen MR) is 94.0 cm³/mol. The molecule has 2 aliphatic heterocycles. The van der Waals surface area contributed by atoms with Gasteiger partial charge in [0.1, 0.15) is 5.75 Å². The molecule has 0 bridgehead atoms. The molecule has 1 aromatic carbocycles. The Morgan fingerprint density at radius 1 is 1.38 bits per heavy atom. The van der Waals surface area contributed by atoms with E-state index < -0.39 is 0 Å². The number of benzene rings is 1. The van der Waals surface area contributed by atoms with Crippen LogP contribution in [0.25, 0.3) is 0 Å². The van der Waals surface area contributed by atoms with Gasteiger partial charge >= 0.3 is 6.03 Å². The fourth-order valence-electron chi connectivity index (χ4n) is 3.18. The van der Waals surface area contributed by atoms with Gasteiger partial charge in [-0.05, 0) is 31.0 Å². The summed E-state index contributed by atoms with van der Waals surface area (Å²) in [6, 6.07) is 5.07. The highest BCUT2D eigenvalue weighted by Gasteiger charge is 2.25. The Bertz CT molecular complexity index is 570. The third-order valence-corrected chi connectivity index (χ3v) is 4.78. The molecule has 2 aliphatic rings. The number of carbonyl (C=O) groups is 1. The molecule has 7 heteroatoms. The van der Waals surface area contributed by atoms with Gasteiger partial charge in [-0.3, -0.25) is 4.90 Å². The highest BCUT2D eigenvalue weighted by Crippen LogP contribution is 2.28. The van der Waals surface area contributed by atoms with Crippen LogP contribution in [-0.2, 0) is 4.74 Å². The van der Waals surface area contributed by atoms with E-state index in [9.17, 15) is 4.79 Å². The highest BCUT2D eigenvalue weighted by molar-refractivity contribution is 6.31. The second kappa shape index (κ2) is 8.05. The Hall–Kier alpha value is -1.50. The van der Waals surface area contributed by atoms with Crippen molar-refractivity contribution >= 4 is 23.3 Å². The summed E-state index contributed by atoms with van der Waals surface area (Å²) in [5.41, 5.74) is 0.594. The van der Waals surface area contributed by atoms with Gasteiger partial charge in [0.15, 0.2) is 0 Å². The smallest absolute Gasteiger partial charge is 0.322 e. The van der Waals surface area contributed by atoms with Crippen LogP contribution in [0.4, 0.5) is 10.5 Å². The molecular formula is C17H24ClN3O3. The number of hydrogen-bond acceptors (Lipinski definition) is 4. The lowest BCUT2D eigenvalue weighted by atomic mass is 10.2. The van der Waals surface area contributed by atoms with E-state index in [0.717, 1.165) is 39.1 Å². The molecule has 2 saturated heterocycles. The minimum atomic E-state index is -0.118. The van der Waals surface area contributed by atoms with Crippen LogP contribution in [0.3, 0.4) is 0 Å². The maximum atomic E-state index is 12.5.